The van der Waals surface area contributed by atoms with Gasteiger partial charge in [0.15, 0.2) is 0 Å². The molecule has 0 amide bonds. The maximum absolute atomic E-state index is 9.46. The van der Waals surface area contributed by atoms with Gasteiger partial charge >= 0.3 is 0 Å². The van der Waals surface area contributed by atoms with Gasteiger partial charge in [-0.15, -0.1) is 0 Å². The minimum atomic E-state index is 0.350. The Balaban J connectivity index is 1.64. The molecular weight excluding hydrogens is 278 g/mol. The number of anilines is 1. The van der Waals surface area contributed by atoms with Crippen molar-refractivity contribution < 1.29 is 4.74 Å². The van der Waals surface area contributed by atoms with E-state index in [0.717, 1.165) is 43.0 Å². The van der Waals surface area contributed by atoms with Gasteiger partial charge in [-0.05, 0) is 18.6 Å². The zero-order valence-electron chi connectivity index (χ0n) is 12.3. The Labute approximate surface area is 128 Å². The van der Waals surface area contributed by atoms with Crippen molar-refractivity contribution in [1.82, 2.24) is 14.8 Å². The largest absolute Gasteiger partial charge is 0.376 e. The molecule has 0 spiro atoms. The lowest BCUT2D eigenvalue weighted by molar-refractivity contribution is 0.109. The Morgan fingerprint density at radius 2 is 2.36 bits per heavy atom. The first kappa shape index (κ1) is 13.3. The maximum atomic E-state index is 9.46. The van der Waals surface area contributed by atoms with Crippen LogP contribution >= 0.6 is 0 Å². The van der Waals surface area contributed by atoms with E-state index in [1.165, 1.54) is 0 Å². The molecule has 1 atom stereocenters. The van der Waals surface area contributed by atoms with Crippen molar-refractivity contribution in [3.8, 4) is 6.07 Å². The van der Waals surface area contributed by atoms with Gasteiger partial charge in [-0.2, -0.15) is 10.4 Å². The van der Waals surface area contributed by atoms with Crippen LogP contribution in [0.4, 0.5) is 5.82 Å². The van der Waals surface area contributed by atoms with E-state index in [0.29, 0.717) is 24.8 Å². The Bertz CT molecular complexity index is 719. The smallest absolute Gasteiger partial charge is 0.146 e. The molecule has 6 heteroatoms. The number of ether oxygens (including phenoxy) is 1. The normalized spacial score (nSPS) is 20.7. The molecule has 2 aliphatic rings. The molecule has 4 rings (SSSR count). The summed E-state index contributed by atoms with van der Waals surface area (Å²) in [6, 6.07) is 6.53. The van der Waals surface area contributed by atoms with E-state index in [1.807, 2.05) is 23.0 Å². The van der Waals surface area contributed by atoms with Crippen molar-refractivity contribution in [3.63, 3.8) is 0 Å². The average molecular weight is 295 g/mol. The van der Waals surface area contributed by atoms with Crippen LogP contribution < -0.4 is 4.90 Å². The minimum Gasteiger partial charge on any atom is -0.376 e. The van der Waals surface area contributed by atoms with E-state index in [2.05, 4.69) is 16.1 Å². The van der Waals surface area contributed by atoms with Crippen LogP contribution in [0.25, 0.3) is 0 Å². The molecule has 6 nitrogen and oxygen atoms in total. The van der Waals surface area contributed by atoms with E-state index >= 15 is 0 Å². The average Bonchev–Trinajstić information content (AvgIpc) is 3.24. The molecule has 0 bridgehead atoms. The van der Waals surface area contributed by atoms with Gasteiger partial charge < -0.3 is 9.64 Å². The molecule has 0 N–H and O–H groups in total. The van der Waals surface area contributed by atoms with Crippen LogP contribution in [-0.2, 0) is 17.8 Å². The fourth-order valence-electron chi connectivity index (χ4n) is 3.24. The second-order valence-electron chi connectivity index (χ2n) is 5.75. The van der Waals surface area contributed by atoms with Crippen LogP contribution in [0.2, 0.25) is 0 Å². The van der Waals surface area contributed by atoms with Gasteiger partial charge in [0, 0.05) is 37.5 Å². The van der Waals surface area contributed by atoms with Crippen LogP contribution in [0.15, 0.2) is 24.5 Å². The molecular formula is C16H17N5O. The fraction of sp³-hybridized carbons (Fsp3) is 0.438. The van der Waals surface area contributed by atoms with Crippen molar-refractivity contribution >= 4 is 5.82 Å². The van der Waals surface area contributed by atoms with Crippen LogP contribution in [-0.4, -0.2) is 34.5 Å². The lowest BCUT2D eigenvalue weighted by atomic mass is 10.1. The Morgan fingerprint density at radius 1 is 1.41 bits per heavy atom. The minimum absolute atomic E-state index is 0.350. The molecule has 0 radical (unpaired) electrons. The first-order valence-corrected chi connectivity index (χ1v) is 7.60. The van der Waals surface area contributed by atoms with Gasteiger partial charge in [0.05, 0.1) is 30.5 Å². The highest BCUT2D eigenvalue weighted by atomic mass is 16.5. The molecule has 4 heterocycles. The van der Waals surface area contributed by atoms with Crippen molar-refractivity contribution in [3.05, 3.63) is 41.3 Å². The van der Waals surface area contributed by atoms with Gasteiger partial charge in [-0.25, -0.2) is 4.98 Å². The number of fused-ring (bicyclic) bond motifs is 1. The Morgan fingerprint density at radius 3 is 3.18 bits per heavy atom. The highest BCUT2D eigenvalue weighted by molar-refractivity contribution is 5.57. The molecule has 1 saturated heterocycles. The third-order valence-corrected chi connectivity index (χ3v) is 4.39. The van der Waals surface area contributed by atoms with Gasteiger partial charge in [0.25, 0.3) is 0 Å². The summed E-state index contributed by atoms with van der Waals surface area (Å²) in [5.41, 5.74) is 2.77. The highest BCUT2D eigenvalue weighted by Crippen LogP contribution is 2.30. The number of nitriles is 1. The number of pyridine rings is 1. The second kappa shape index (κ2) is 5.43. The molecule has 2 aromatic rings. The predicted octanol–water partition coefficient (Wildman–Crippen LogP) is 1.67. The lowest BCUT2D eigenvalue weighted by Gasteiger charge is -2.23. The summed E-state index contributed by atoms with van der Waals surface area (Å²) in [5.74, 6) is 0.817. The molecule has 22 heavy (non-hydrogen) atoms. The van der Waals surface area contributed by atoms with Crippen LogP contribution in [0.3, 0.4) is 0 Å². The molecule has 2 aliphatic heterocycles. The maximum Gasteiger partial charge on any atom is 0.146 e. The summed E-state index contributed by atoms with van der Waals surface area (Å²) >= 11 is 0. The summed E-state index contributed by atoms with van der Waals surface area (Å²) < 4.78 is 7.45. The van der Waals surface area contributed by atoms with Crippen LogP contribution in [0.5, 0.6) is 0 Å². The third kappa shape index (κ3) is 2.24. The topological polar surface area (TPSA) is 67.0 Å². The van der Waals surface area contributed by atoms with Crippen LogP contribution in [0, 0.1) is 11.3 Å². The summed E-state index contributed by atoms with van der Waals surface area (Å²) in [4.78, 5) is 6.98. The molecule has 1 unspecified atom stereocenters. The molecule has 112 valence electrons. The van der Waals surface area contributed by atoms with Gasteiger partial charge in [-0.3, -0.25) is 4.68 Å². The van der Waals surface area contributed by atoms with E-state index < -0.39 is 0 Å². The van der Waals surface area contributed by atoms with E-state index in [4.69, 9.17) is 9.72 Å². The fourth-order valence-corrected chi connectivity index (χ4v) is 3.24. The number of aromatic nitrogens is 3. The van der Waals surface area contributed by atoms with Crippen molar-refractivity contribution in [2.24, 2.45) is 0 Å². The standard InChI is InChI=1S/C16H17N5O/c17-9-12-8-13-11-22-7-3-15(13)19-16(12)20-6-2-14(10-20)21-5-1-4-18-21/h1,4-5,8,14H,2-3,6-7,10-11H2. The van der Waals surface area contributed by atoms with Crippen LogP contribution in [0.1, 0.15) is 29.3 Å². The summed E-state index contributed by atoms with van der Waals surface area (Å²) in [7, 11) is 0. The number of hydrogen-bond acceptors (Lipinski definition) is 5. The number of rotatable bonds is 2. The summed E-state index contributed by atoms with van der Waals surface area (Å²) in [6.07, 6.45) is 5.65. The highest BCUT2D eigenvalue weighted by Gasteiger charge is 2.28. The molecule has 0 aromatic carbocycles. The first-order chi connectivity index (χ1) is 10.8. The van der Waals surface area contributed by atoms with Gasteiger partial charge in [0.2, 0.25) is 0 Å². The van der Waals surface area contributed by atoms with E-state index in [1.54, 1.807) is 6.20 Å². The summed E-state index contributed by atoms with van der Waals surface area (Å²) in [6.45, 7) is 3.02. The zero-order chi connectivity index (χ0) is 14.9. The Hall–Kier alpha value is -2.39. The molecule has 0 aliphatic carbocycles. The number of hydrogen-bond donors (Lipinski definition) is 0. The molecule has 1 fully saturated rings. The van der Waals surface area contributed by atoms with Crippen molar-refractivity contribution in [1.29, 1.82) is 5.26 Å². The van der Waals surface area contributed by atoms with E-state index in [9.17, 15) is 5.26 Å². The van der Waals surface area contributed by atoms with Gasteiger partial charge in [-0.1, -0.05) is 0 Å². The number of nitrogens with zero attached hydrogens (tertiary/aromatic N) is 5. The zero-order valence-corrected chi connectivity index (χ0v) is 12.3. The SMILES string of the molecule is N#Cc1cc2c(nc1N1CCC(n3cccn3)C1)CCOC2. The monoisotopic (exact) mass is 295 g/mol. The molecule has 0 saturated carbocycles. The van der Waals surface area contributed by atoms with Gasteiger partial charge in [0.1, 0.15) is 11.9 Å². The van der Waals surface area contributed by atoms with Crippen molar-refractivity contribution in [2.45, 2.75) is 25.5 Å². The second-order valence-corrected chi connectivity index (χ2v) is 5.75. The predicted molar refractivity (Wildman–Crippen MR) is 80.4 cm³/mol. The third-order valence-electron chi connectivity index (χ3n) is 4.39. The summed E-state index contributed by atoms with van der Waals surface area (Å²) in [5, 5.41) is 13.8. The lowest BCUT2D eigenvalue weighted by Crippen LogP contribution is -2.24. The molecule has 2 aromatic heterocycles. The van der Waals surface area contributed by atoms with E-state index in [-0.39, 0.29) is 0 Å². The Kier molecular flexibility index (Phi) is 3.28. The quantitative estimate of drug-likeness (QED) is 0.843. The first-order valence-electron chi connectivity index (χ1n) is 7.60. The van der Waals surface area contributed by atoms with Crippen molar-refractivity contribution in [2.75, 3.05) is 24.6 Å².